The molecular weight excluding hydrogens is 226 g/mol. The van der Waals surface area contributed by atoms with Gasteiger partial charge in [-0.05, 0) is 26.2 Å². The molecule has 0 fully saturated rings. The van der Waals surface area contributed by atoms with Crippen LogP contribution >= 0.6 is 0 Å². The molecule has 0 saturated heterocycles. The van der Waals surface area contributed by atoms with Crippen LogP contribution in [0, 0.1) is 0 Å². The summed E-state index contributed by atoms with van der Waals surface area (Å²) in [5, 5.41) is 3.26. The van der Waals surface area contributed by atoms with E-state index in [1.165, 1.54) is 0 Å². The summed E-state index contributed by atoms with van der Waals surface area (Å²) in [6, 6.07) is 9.71. The van der Waals surface area contributed by atoms with Crippen molar-refractivity contribution >= 4 is 11.6 Å². The predicted molar refractivity (Wildman–Crippen MR) is 75.9 cm³/mol. The number of rotatable bonds is 7. The summed E-state index contributed by atoms with van der Waals surface area (Å²) in [7, 11) is 5.89. The van der Waals surface area contributed by atoms with Gasteiger partial charge in [-0.1, -0.05) is 18.2 Å². The second kappa shape index (κ2) is 7.84. The van der Waals surface area contributed by atoms with E-state index in [0.29, 0.717) is 6.42 Å². The van der Waals surface area contributed by atoms with Crippen LogP contribution in [0.4, 0.5) is 5.69 Å². The molecule has 18 heavy (non-hydrogen) atoms. The first-order valence-electron chi connectivity index (χ1n) is 6.28. The first-order valence-corrected chi connectivity index (χ1v) is 6.28. The van der Waals surface area contributed by atoms with Gasteiger partial charge in [0.05, 0.1) is 0 Å². The smallest absolute Gasteiger partial charge is 0.227 e. The SMILES string of the molecule is CN(C)CCNCCC(=O)N(C)c1ccccc1. The molecule has 0 aliphatic carbocycles. The standard InChI is InChI=1S/C14H23N3O/c1-16(2)12-11-15-10-9-14(18)17(3)13-7-5-4-6-8-13/h4-8,15H,9-12H2,1-3H3. The Labute approximate surface area is 110 Å². The quantitative estimate of drug-likeness (QED) is 0.737. The number of anilines is 1. The highest BCUT2D eigenvalue weighted by atomic mass is 16.2. The Bertz CT molecular complexity index is 351. The Morgan fingerprint density at radius 1 is 1.11 bits per heavy atom. The van der Waals surface area contributed by atoms with Crippen molar-refractivity contribution in [3.8, 4) is 0 Å². The van der Waals surface area contributed by atoms with E-state index in [4.69, 9.17) is 0 Å². The van der Waals surface area contributed by atoms with E-state index in [1.807, 2.05) is 51.5 Å². The van der Waals surface area contributed by atoms with Gasteiger partial charge in [-0.15, -0.1) is 0 Å². The number of nitrogens with one attached hydrogen (secondary N) is 1. The highest BCUT2D eigenvalue weighted by molar-refractivity contribution is 5.92. The van der Waals surface area contributed by atoms with Crippen LogP contribution in [-0.2, 0) is 4.79 Å². The molecule has 1 N–H and O–H groups in total. The number of hydrogen-bond acceptors (Lipinski definition) is 3. The van der Waals surface area contributed by atoms with E-state index >= 15 is 0 Å². The van der Waals surface area contributed by atoms with Crippen LogP contribution in [0.5, 0.6) is 0 Å². The normalized spacial score (nSPS) is 10.7. The van der Waals surface area contributed by atoms with Gasteiger partial charge in [0.25, 0.3) is 0 Å². The van der Waals surface area contributed by atoms with E-state index in [9.17, 15) is 4.79 Å². The summed E-state index contributed by atoms with van der Waals surface area (Å²) in [5.41, 5.74) is 0.941. The minimum absolute atomic E-state index is 0.138. The van der Waals surface area contributed by atoms with Crippen LogP contribution < -0.4 is 10.2 Å². The molecule has 1 aromatic rings. The van der Waals surface area contributed by atoms with Crippen molar-refractivity contribution in [1.29, 1.82) is 0 Å². The summed E-state index contributed by atoms with van der Waals surface area (Å²) in [6.07, 6.45) is 0.527. The number of para-hydroxylation sites is 1. The van der Waals surface area contributed by atoms with Gasteiger partial charge in [0.2, 0.25) is 5.91 Å². The summed E-state index contributed by atoms with van der Waals surface area (Å²) >= 11 is 0. The zero-order valence-electron chi connectivity index (χ0n) is 11.5. The molecular formula is C14H23N3O. The Morgan fingerprint density at radius 2 is 1.78 bits per heavy atom. The molecule has 0 aliphatic heterocycles. The minimum Gasteiger partial charge on any atom is -0.315 e. The van der Waals surface area contributed by atoms with Crippen molar-refractivity contribution in [3.05, 3.63) is 30.3 Å². The maximum Gasteiger partial charge on any atom is 0.227 e. The van der Waals surface area contributed by atoms with Crippen LogP contribution in [0.3, 0.4) is 0 Å². The first kappa shape index (κ1) is 14.7. The largest absolute Gasteiger partial charge is 0.315 e. The number of carbonyl (C=O) groups excluding carboxylic acids is 1. The maximum atomic E-state index is 11.9. The summed E-state index contributed by atoms with van der Waals surface area (Å²) < 4.78 is 0. The van der Waals surface area contributed by atoms with Crippen molar-refractivity contribution in [2.45, 2.75) is 6.42 Å². The van der Waals surface area contributed by atoms with Crippen molar-refractivity contribution < 1.29 is 4.79 Å². The molecule has 0 bridgehead atoms. The van der Waals surface area contributed by atoms with Crippen molar-refractivity contribution in [3.63, 3.8) is 0 Å². The van der Waals surface area contributed by atoms with Crippen LogP contribution in [0.1, 0.15) is 6.42 Å². The maximum absolute atomic E-state index is 11.9. The number of amides is 1. The van der Waals surface area contributed by atoms with E-state index in [0.717, 1.165) is 25.3 Å². The van der Waals surface area contributed by atoms with E-state index in [2.05, 4.69) is 10.2 Å². The minimum atomic E-state index is 0.138. The van der Waals surface area contributed by atoms with E-state index < -0.39 is 0 Å². The number of nitrogens with zero attached hydrogens (tertiary/aromatic N) is 2. The molecule has 1 amide bonds. The third kappa shape index (κ3) is 5.29. The van der Waals surface area contributed by atoms with Gasteiger partial charge >= 0.3 is 0 Å². The lowest BCUT2D eigenvalue weighted by molar-refractivity contribution is -0.118. The van der Waals surface area contributed by atoms with Gasteiger partial charge in [-0.25, -0.2) is 0 Å². The zero-order chi connectivity index (χ0) is 13.4. The van der Waals surface area contributed by atoms with E-state index in [1.54, 1.807) is 4.90 Å². The lowest BCUT2D eigenvalue weighted by atomic mass is 10.2. The van der Waals surface area contributed by atoms with Crippen LogP contribution in [-0.4, -0.2) is 51.6 Å². The topological polar surface area (TPSA) is 35.6 Å². The van der Waals surface area contributed by atoms with Crippen molar-refractivity contribution in [2.75, 3.05) is 45.7 Å². The third-order valence-corrected chi connectivity index (χ3v) is 2.77. The molecule has 0 aliphatic rings. The third-order valence-electron chi connectivity index (χ3n) is 2.77. The fourth-order valence-electron chi connectivity index (χ4n) is 1.59. The first-order chi connectivity index (χ1) is 8.61. The Hall–Kier alpha value is -1.39. The van der Waals surface area contributed by atoms with Crippen LogP contribution in [0.2, 0.25) is 0 Å². The fraction of sp³-hybridized carbons (Fsp3) is 0.500. The Morgan fingerprint density at radius 3 is 2.39 bits per heavy atom. The molecule has 1 aromatic carbocycles. The molecule has 4 heteroatoms. The molecule has 0 unspecified atom stereocenters. The molecule has 0 spiro atoms. The number of hydrogen-bond donors (Lipinski definition) is 1. The van der Waals surface area contributed by atoms with Gasteiger partial charge < -0.3 is 15.1 Å². The molecule has 0 radical (unpaired) electrons. The number of benzene rings is 1. The van der Waals surface area contributed by atoms with Crippen molar-refractivity contribution in [2.24, 2.45) is 0 Å². The number of likely N-dealkylation sites (N-methyl/N-ethyl adjacent to an activating group) is 1. The highest BCUT2D eigenvalue weighted by Gasteiger charge is 2.09. The van der Waals surface area contributed by atoms with Gasteiger partial charge in [-0.3, -0.25) is 4.79 Å². The lowest BCUT2D eigenvalue weighted by Gasteiger charge is -2.17. The Kier molecular flexibility index (Phi) is 6.39. The molecule has 100 valence electrons. The fourth-order valence-corrected chi connectivity index (χ4v) is 1.59. The van der Waals surface area contributed by atoms with E-state index in [-0.39, 0.29) is 5.91 Å². The molecule has 0 atom stereocenters. The summed E-state index contributed by atoms with van der Waals surface area (Å²) in [5.74, 6) is 0.138. The molecule has 1 rings (SSSR count). The molecule has 4 nitrogen and oxygen atoms in total. The van der Waals surface area contributed by atoms with Crippen LogP contribution in [0.25, 0.3) is 0 Å². The number of carbonyl (C=O) groups is 1. The predicted octanol–water partition coefficient (Wildman–Crippen LogP) is 1.19. The highest BCUT2D eigenvalue weighted by Crippen LogP contribution is 2.11. The van der Waals surface area contributed by atoms with Gasteiger partial charge in [0.15, 0.2) is 0 Å². The summed E-state index contributed by atoms with van der Waals surface area (Å²) in [4.78, 5) is 15.7. The van der Waals surface area contributed by atoms with Gasteiger partial charge in [-0.2, -0.15) is 0 Å². The average molecular weight is 249 g/mol. The Balaban J connectivity index is 2.25. The molecule has 0 aromatic heterocycles. The second-order valence-corrected chi connectivity index (χ2v) is 4.59. The summed E-state index contributed by atoms with van der Waals surface area (Å²) in [6.45, 7) is 2.63. The average Bonchev–Trinajstić information content (AvgIpc) is 2.38. The van der Waals surface area contributed by atoms with Crippen molar-refractivity contribution in [1.82, 2.24) is 10.2 Å². The monoisotopic (exact) mass is 249 g/mol. The molecule has 0 saturated carbocycles. The lowest BCUT2D eigenvalue weighted by Crippen LogP contribution is -2.32. The zero-order valence-corrected chi connectivity index (χ0v) is 11.5. The van der Waals surface area contributed by atoms with Gasteiger partial charge in [0, 0.05) is 38.8 Å². The second-order valence-electron chi connectivity index (χ2n) is 4.59. The van der Waals surface area contributed by atoms with Gasteiger partial charge in [0.1, 0.15) is 0 Å². The molecule has 0 heterocycles. The van der Waals surface area contributed by atoms with Crippen LogP contribution in [0.15, 0.2) is 30.3 Å².